The molecule has 8 nitrogen and oxygen atoms in total. The van der Waals surface area contributed by atoms with Crippen LogP contribution < -0.4 is 14.5 Å². The Kier molecular flexibility index (Phi) is 11.0. The first-order valence-electron chi connectivity index (χ1n) is 24.1. The van der Waals surface area contributed by atoms with Gasteiger partial charge in [0.1, 0.15) is 24.0 Å². The Morgan fingerprint density at radius 1 is 0.435 bits per heavy atom. The highest BCUT2D eigenvalue weighted by Crippen LogP contribution is 2.51. The highest BCUT2D eigenvalue weighted by atomic mass is 16.5. The van der Waals surface area contributed by atoms with Crippen LogP contribution >= 0.6 is 0 Å². The highest BCUT2D eigenvalue weighted by Gasteiger charge is 2.35. The van der Waals surface area contributed by atoms with Gasteiger partial charge < -0.3 is 14.5 Å². The van der Waals surface area contributed by atoms with Crippen molar-refractivity contribution in [2.75, 3.05) is 16.5 Å². The molecule has 5 aromatic heterocycles. The molecule has 1 aliphatic rings. The summed E-state index contributed by atoms with van der Waals surface area (Å²) in [6.45, 7) is 27.6. The fourth-order valence-electron chi connectivity index (χ4n) is 9.44. The molecule has 6 heterocycles. The topological polar surface area (TPSA) is 72.2 Å². The first kappa shape index (κ1) is 45.5. The van der Waals surface area contributed by atoms with Crippen molar-refractivity contribution in [1.29, 1.82) is 0 Å². The normalized spacial score (nSPS) is 13.4. The Morgan fingerprint density at radius 3 is 1.65 bits per heavy atom. The highest BCUT2D eigenvalue weighted by molar-refractivity contribution is 6.09. The summed E-state index contributed by atoms with van der Waals surface area (Å²) in [6, 6.07) is 45.3. The van der Waals surface area contributed by atoms with E-state index in [-0.39, 0.29) is 21.7 Å². The molecule has 10 rings (SSSR count). The van der Waals surface area contributed by atoms with Gasteiger partial charge in [0.2, 0.25) is 0 Å². The molecule has 0 spiro atoms. The van der Waals surface area contributed by atoms with Gasteiger partial charge in [-0.05, 0) is 135 Å². The Labute approximate surface area is 407 Å². The van der Waals surface area contributed by atoms with E-state index in [4.69, 9.17) is 24.7 Å². The quantitative estimate of drug-likeness (QED) is 0.158. The minimum atomic E-state index is -0.155. The zero-order valence-electron chi connectivity index (χ0n) is 42.2. The smallest absolute Gasteiger partial charge is 0.158 e. The van der Waals surface area contributed by atoms with E-state index in [0.717, 1.165) is 79.1 Å². The van der Waals surface area contributed by atoms with E-state index >= 15 is 0 Å². The van der Waals surface area contributed by atoms with E-state index in [0.29, 0.717) is 6.67 Å². The molecule has 0 amide bonds. The molecule has 0 atom stereocenters. The average Bonchev–Trinajstić information content (AvgIpc) is 3.86. The van der Waals surface area contributed by atoms with E-state index in [9.17, 15) is 0 Å². The van der Waals surface area contributed by atoms with E-state index < -0.39 is 0 Å². The second-order valence-corrected chi connectivity index (χ2v) is 22.7. The van der Waals surface area contributed by atoms with Gasteiger partial charge in [0.15, 0.2) is 5.82 Å². The van der Waals surface area contributed by atoms with E-state index in [1.165, 1.54) is 27.6 Å². The fourth-order valence-corrected chi connectivity index (χ4v) is 9.44. The summed E-state index contributed by atoms with van der Waals surface area (Å²) in [6.07, 6.45) is 7.71. The molecule has 0 unspecified atom stereocenters. The molecule has 9 aromatic rings. The minimum Gasteiger partial charge on any atom is -0.457 e. The van der Waals surface area contributed by atoms with Crippen molar-refractivity contribution in [3.63, 3.8) is 0 Å². The van der Waals surface area contributed by atoms with Crippen molar-refractivity contribution in [3.8, 4) is 39.8 Å². The van der Waals surface area contributed by atoms with Gasteiger partial charge in [-0.25, -0.2) is 9.97 Å². The predicted molar refractivity (Wildman–Crippen MR) is 286 cm³/mol. The van der Waals surface area contributed by atoms with Crippen molar-refractivity contribution >= 4 is 44.7 Å². The lowest BCUT2D eigenvalue weighted by atomic mass is 9.81. The van der Waals surface area contributed by atoms with Crippen LogP contribution in [0.2, 0.25) is 0 Å². The van der Waals surface area contributed by atoms with Gasteiger partial charge in [0.25, 0.3) is 0 Å². The summed E-state index contributed by atoms with van der Waals surface area (Å²) in [5.74, 6) is 3.20. The van der Waals surface area contributed by atoms with Crippen LogP contribution in [0.5, 0.6) is 11.5 Å². The van der Waals surface area contributed by atoms with Crippen LogP contribution in [0.25, 0.3) is 50.1 Å². The molecule has 348 valence electrons. The van der Waals surface area contributed by atoms with Crippen LogP contribution in [0.1, 0.15) is 105 Å². The molecular formula is C61H63N7O. The van der Waals surface area contributed by atoms with Crippen LogP contribution in [0.3, 0.4) is 0 Å². The first-order chi connectivity index (χ1) is 32.7. The standard InChI is InChI=1S/C61H63N7O/c1-58(2,3)39-24-28-62-50(33-39)48-31-42(61(10,11)12)32-49(51-34-40(25-29-63-51)59(4,5)6)56(48)67-38-66(57-53(67)21-16-27-65-57)43-17-15-18-44(36-43)69-45-22-23-47-46-19-13-14-20-52(46)68(54(47)37-45)55-35-41(26-30-64-55)60(7,8)9/h13-37H,38H2,1-12H3. The van der Waals surface area contributed by atoms with E-state index in [1.54, 1.807) is 0 Å². The molecule has 0 N–H and O–H groups in total. The van der Waals surface area contributed by atoms with Gasteiger partial charge >= 0.3 is 0 Å². The summed E-state index contributed by atoms with van der Waals surface area (Å²) in [5.41, 5.74) is 13.6. The predicted octanol–water partition coefficient (Wildman–Crippen LogP) is 15.9. The summed E-state index contributed by atoms with van der Waals surface area (Å²) >= 11 is 0. The van der Waals surface area contributed by atoms with Crippen molar-refractivity contribution in [3.05, 3.63) is 174 Å². The third kappa shape index (κ3) is 8.62. The van der Waals surface area contributed by atoms with Gasteiger partial charge in [-0.15, -0.1) is 0 Å². The summed E-state index contributed by atoms with van der Waals surface area (Å²) in [5, 5.41) is 2.31. The van der Waals surface area contributed by atoms with Crippen molar-refractivity contribution < 1.29 is 4.74 Å². The molecular weight excluding hydrogens is 847 g/mol. The van der Waals surface area contributed by atoms with Crippen LogP contribution in [0.4, 0.5) is 22.9 Å². The maximum absolute atomic E-state index is 6.82. The van der Waals surface area contributed by atoms with E-state index in [2.05, 4.69) is 213 Å². The van der Waals surface area contributed by atoms with Gasteiger partial charge in [-0.3, -0.25) is 14.5 Å². The Balaban J connectivity index is 1.09. The number of ether oxygens (including phenoxy) is 1. The Hall–Kier alpha value is -7.32. The number of nitrogens with zero attached hydrogens (tertiary/aromatic N) is 7. The zero-order valence-corrected chi connectivity index (χ0v) is 42.2. The number of anilines is 4. The third-order valence-electron chi connectivity index (χ3n) is 13.5. The lowest BCUT2D eigenvalue weighted by molar-refractivity contribution is 0.483. The third-order valence-corrected chi connectivity index (χ3v) is 13.5. The molecule has 0 bridgehead atoms. The van der Waals surface area contributed by atoms with Crippen LogP contribution in [-0.4, -0.2) is 31.2 Å². The van der Waals surface area contributed by atoms with Gasteiger partial charge in [-0.1, -0.05) is 107 Å². The van der Waals surface area contributed by atoms with Crippen LogP contribution in [0, 0.1) is 0 Å². The minimum absolute atomic E-state index is 0.0237. The Bertz CT molecular complexity index is 3330. The zero-order chi connectivity index (χ0) is 48.6. The number of hydrogen-bond donors (Lipinski definition) is 0. The summed E-state index contributed by atoms with van der Waals surface area (Å²) < 4.78 is 9.07. The Morgan fingerprint density at radius 2 is 1.01 bits per heavy atom. The lowest BCUT2D eigenvalue weighted by Crippen LogP contribution is -2.25. The number of benzene rings is 4. The lowest BCUT2D eigenvalue weighted by Gasteiger charge is -2.30. The van der Waals surface area contributed by atoms with Gasteiger partial charge in [0, 0.05) is 64.5 Å². The van der Waals surface area contributed by atoms with Gasteiger partial charge in [-0.2, -0.15) is 0 Å². The monoisotopic (exact) mass is 910 g/mol. The molecule has 0 saturated heterocycles. The SMILES string of the molecule is CC(C)(C)c1ccnc(-c2cc(C(C)(C)C)cc(-c3cc(C(C)(C)C)ccn3)c2N2CN(c3cccc(Oc4ccc5c6ccccc6n(-c6cc(C(C)(C)C)ccn6)c5c4)c3)c3ncccc32)c1. The second-order valence-electron chi connectivity index (χ2n) is 22.7. The van der Waals surface area contributed by atoms with Crippen molar-refractivity contribution in [1.82, 2.24) is 24.5 Å². The molecule has 8 heteroatoms. The summed E-state index contributed by atoms with van der Waals surface area (Å²) in [4.78, 5) is 24.9. The second kappa shape index (κ2) is 16.7. The van der Waals surface area contributed by atoms with Crippen molar-refractivity contribution in [2.45, 2.75) is 105 Å². The first-order valence-corrected chi connectivity index (χ1v) is 24.1. The average molecular weight is 910 g/mol. The largest absolute Gasteiger partial charge is 0.457 e. The van der Waals surface area contributed by atoms with Crippen LogP contribution in [-0.2, 0) is 21.7 Å². The maximum atomic E-state index is 6.82. The van der Waals surface area contributed by atoms with Gasteiger partial charge in [0.05, 0.1) is 33.8 Å². The number of hydrogen-bond acceptors (Lipinski definition) is 7. The number of rotatable bonds is 7. The number of pyridine rings is 4. The molecule has 0 saturated carbocycles. The molecule has 4 aromatic carbocycles. The molecule has 0 aliphatic carbocycles. The van der Waals surface area contributed by atoms with Crippen LogP contribution in [0.15, 0.2) is 152 Å². The number of para-hydroxylation sites is 1. The molecule has 1 aliphatic heterocycles. The van der Waals surface area contributed by atoms with E-state index in [1.807, 2.05) is 36.9 Å². The maximum Gasteiger partial charge on any atom is 0.158 e. The number of aromatic nitrogens is 5. The molecule has 69 heavy (non-hydrogen) atoms. The fraction of sp³-hybridized carbons (Fsp3) is 0.279. The molecule has 0 radical (unpaired) electrons. The molecule has 0 fully saturated rings. The number of fused-ring (bicyclic) bond motifs is 4. The summed E-state index contributed by atoms with van der Waals surface area (Å²) in [7, 11) is 0. The van der Waals surface area contributed by atoms with Crippen molar-refractivity contribution in [2.24, 2.45) is 0 Å².